The molecule has 3 aromatic carbocycles. The second-order valence-electron chi connectivity index (χ2n) is 8.89. The highest BCUT2D eigenvalue weighted by Crippen LogP contribution is 2.38. The molecule has 1 fully saturated rings. The van der Waals surface area contributed by atoms with E-state index in [1.165, 1.54) is 11.3 Å². The molecule has 0 saturated heterocycles. The molecule has 2 amide bonds. The van der Waals surface area contributed by atoms with Crippen molar-refractivity contribution in [1.82, 2.24) is 14.5 Å². The molecule has 0 bridgehead atoms. The predicted octanol–water partition coefficient (Wildman–Crippen LogP) is 5.96. The fraction of sp³-hybridized carbons (Fsp3) is 0.143. The number of aromatic nitrogens is 3. The molecule has 0 aliphatic heterocycles. The quantitative estimate of drug-likeness (QED) is 0.305. The number of fused-ring (bicyclic) bond motifs is 1. The van der Waals surface area contributed by atoms with Gasteiger partial charge in [0.1, 0.15) is 0 Å². The molecule has 178 valence electrons. The number of aryl methyl sites for hydroxylation is 1. The minimum Gasteiger partial charge on any atom is -0.333 e. The Balaban J connectivity index is 1.38. The summed E-state index contributed by atoms with van der Waals surface area (Å²) in [5.41, 5.74) is 2.60. The maximum Gasteiger partial charge on any atom is 0.259 e. The van der Waals surface area contributed by atoms with Crippen molar-refractivity contribution < 1.29 is 9.59 Å². The second-order valence-corrected chi connectivity index (χ2v) is 9.89. The van der Waals surface area contributed by atoms with Crippen LogP contribution in [0.3, 0.4) is 0 Å². The molecule has 0 spiro atoms. The number of benzene rings is 3. The van der Waals surface area contributed by atoms with Crippen molar-refractivity contribution in [2.45, 2.75) is 12.8 Å². The molecule has 2 heterocycles. The molecule has 0 atom stereocenters. The molecule has 0 unspecified atom stereocenters. The normalized spacial score (nSPS) is 13.0. The monoisotopic (exact) mass is 493 g/mol. The smallest absolute Gasteiger partial charge is 0.259 e. The van der Waals surface area contributed by atoms with E-state index < -0.39 is 0 Å². The molecule has 1 aliphatic rings. The molecular weight excluding hydrogens is 470 g/mol. The zero-order valence-corrected chi connectivity index (χ0v) is 20.4. The highest BCUT2D eigenvalue weighted by Gasteiger charge is 2.30. The third-order valence-electron chi connectivity index (χ3n) is 6.26. The molecule has 36 heavy (non-hydrogen) atoms. The van der Waals surface area contributed by atoms with Gasteiger partial charge in [-0.15, -0.1) is 0 Å². The molecule has 0 radical (unpaired) electrons. The number of nitrogens with zero attached hydrogens (tertiary/aromatic N) is 3. The summed E-state index contributed by atoms with van der Waals surface area (Å²) in [6.07, 6.45) is 5.40. The van der Waals surface area contributed by atoms with E-state index in [0.29, 0.717) is 16.4 Å². The number of carbonyl (C=O) groups is 2. The fourth-order valence-corrected chi connectivity index (χ4v) is 5.20. The van der Waals surface area contributed by atoms with Crippen LogP contribution in [0.15, 0.2) is 79.1 Å². The molecule has 5 aromatic rings. The maximum absolute atomic E-state index is 13.5. The van der Waals surface area contributed by atoms with E-state index in [-0.39, 0.29) is 17.7 Å². The molecule has 1 aliphatic carbocycles. The number of imidazole rings is 1. The van der Waals surface area contributed by atoms with Gasteiger partial charge in [0.15, 0.2) is 11.0 Å². The molecule has 7 nitrogen and oxygen atoms in total. The van der Waals surface area contributed by atoms with Crippen LogP contribution in [0.4, 0.5) is 10.8 Å². The number of hydrogen-bond donors (Lipinski definition) is 2. The van der Waals surface area contributed by atoms with Crippen molar-refractivity contribution in [3.63, 3.8) is 0 Å². The Morgan fingerprint density at radius 3 is 2.39 bits per heavy atom. The highest BCUT2D eigenvalue weighted by molar-refractivity contribution is 7.19. The van der Waals surface area contributed by atoms with Crippen LogP contribution in [0.1, 0.15) is 23.2 Å². The summed E-state index contributed by atoms with van der Waals surface area (Å²) in [7, 11) is 1.93. The first-order valence-corrected chi connectivity index (χ1v) is 12.6. The van der Waals surface area contributed by atoms with Gasteiger partial charge in [-0.2, -0.15) is 0 Å². The number of anilines is 2. The first kappa shape index (κ1) is 22.2. The summed E-state index contributed by atoms with van der Waals surface area (Å²) in [5, 5.41) is 8.29. The minimum atomic E-state index is -0.327. The number of hydrogen-bond acceptors (Lipinski definition) is 5. The van der Waals surface area contributed by atoms with Gasteiger partial charge in [0.05, 0.1) is 21.8 Å². The Hall–Kier alpha value is -4.30. The second kappa shape index (κ2) is 9.05. The first-order chi connectivity index (χ1) is 17.6. The Morgan fingerprint density at radius 1 is 0.972 bits per heavy atom. The lowest BCUT2D eigenvalue weighted by molar-refractivity contribution is -0.117. The van der Waals surface area contributed by atoms with E-state index in [0.717, 1.165) is 45.6 Å². The number of thiazole rings is 1. The van der Waals surface area contributed by atoms with Gasteiger partial charge >= 0.3 is 0 Å². The number of carbonyl (C=O) groups excluding carboxylic acids is 2. The maximum atomic E-state index is 13.5. The van der Waals surface area contributed by atoms with Crippen molar-refractivity contribution in [2.75, 3.05) is 10.6 Å². The van der Waals surface area contributed by atoms with Crippen LogP contribution < -0.4 is 10.6 Å². The summed E-state index contributed by atoms with van der Waals surface area (Å²) >= 11 is 1.37. The summed E-state index contributed by atoms with van der Waals surface area (Å²) in [5.74, 6) is 0.429. The third kappa shape index (κ3) is 4.27. The molecular formula is C28H23N5O2S. The Bertz CT molecular complexity index is 1600. The van der Waals surface area contributed by atoms with Gasteiger partial charge in [-0.3, -0.25) is 14.9 Å². The van der Waals surface area contributed by atoms with Crippen LogP contribution in [0.2, 0.25) is 0 Å². The van der Waals surface area contributed by atoms with Crippen LogP contribution in [0.5, 0.6) is 0 Å². The fourth-order valence-electron chi connectivity index (χ4n) is 4.18. The standard InChI is InChI=1S/C28H23N5O2S/c1-33-14-13-29-25(33)24-23(17-7-3-2-4-8-17)31-28(36-24)32-27(35)21-15-19-9-5-6-10-20(19)16-22(21)30-26(34)18-11-12-18/h2-10,13-16,18H,11-12H2,1H3,(H,30,34)(H,31,32,35). The van der Waals surface area contributed by atoms with Crippen molar-refractivity contribution >= 4 is 44.7 Å². The lowest BCUT2D eigenvalue weighted by Gasteiger charge is -2.12. The van der Waals surface area contributed by atoms with E-state index in [1.807, 2.05) is 84.5 Å². The van der Waals surface area contributed by atoms with Crippen molar-refractivity contribution in [3.05, 3.63) is 84.7 Å². The largest absolute Gasteiger partial charge is 0.333 e. The van der Waals surface area contributed by atoms with Crippen LogP contribution >= 0.6 is 11.3 Å². The van der Waals surface area contributed by atoms with Crippen molar-refractivity contribution in [3.8, 4) is 22.0 Å². The van der Waals surface area contributed by atoms with E-state index >= 15 is 0 Å². The van der Waals surface area contributed by atoms with Gasteiger partial charge in [-0.05, 0) is 35.7 Å². The van der Waals surface area contributed by atoms with Gasteiger partial charge in [0, 0.05) is 30.9 Å². The molecule has 1 saturated carbocycles. The molecule has 6 rings (SSSR count). The average molecular weight is 494 g/mol. The number of amides is 2. The summed E-state index contributed by atoms with van der Waals surface area (Å²) < 4.78 is 1.93. The molecule has 2 N–H and O–H groups in total. The zero-order chi connectivity index (χ0) is 24.6. The van der Waals surface area contributed by atoms with E-state index in [1.54, 1.807) is 6.20 Å². The summed E-state index contributed by atoms with van der Waals surface area (Å²) in [4.78, 5) is 36.2. The first-order valence-electron chi connectivity index (χ1n) is 11.8. The summed E-state index contributed by atoms with van der Waals surface area (Å²) in [6.45, 7) is 0. The van der Waals surface area contributed by atoms with E-state index in [9.17, 15) is 9.59 Å². The summed E-state index contributed by atoms with van der Waals surface area (Å²) in [6, 6.07) is 21.3. The highest BCUT2D eigenvalue weighted by atomic mass is 32.1. The third-order valence-corrected chi connectivity index (χ3v) is 7.22. The molecule has 2 aromatic heterocycles. The topological polar surface area (TPSA) is 88.9 Å². The van der Waals surface area contributed by atoms with Gasteiger partial charge in [-0.1, -0.05) is 65.9 Å². The van der Waals surface area contributed by atoms with Crippen LogP contribution in [0, 0.1) is 5.92 Å². The SMILES string of the molecule is Cn1ccnc1-c1sc(NC(=O)c2cc3ccccc3cc2NC(=O)C2CC2)nc1-c1ccccc1. The van der Waals surface area contributed by atoms with Crippen LogP contribution in [0.25, 0.3) is 32.7 Å². The Labute approximate surface area is 211 Å². The number of rotatable bonds is 6. The Morgan fingerprint density at radius 2 is 1.69 bits per heavy atom. The van der Waals surface area contributed by atoms with E-state index in [2.05, 4.69) is 15.6 Å². The van der Waals surface area contributed by atoms with E-state index in [4.69, 9.17) is 4.98 Å². The zero-order valence-electron chi connectivity index (χ0n) is 19.6. The van der Waals surface area contributed by atoms with Crippen LogP contribution in [-0.2, 0) is 11.8 Å². The predicted molar refractivity (Wildman–Crippen MR) is 143 cm³/mol. The Kier molecular flexibility index (Phi) is 5.58. The minimum absolute atomic E-state index is 0.0279. The lowest BCUT2D eigenvalue weighted by atomic mass is 10.0. The lowest BCUT2D eigenvalue weighted by Crippen LogP contribution is -2.19. The van der Waals surface area contributed by atoms with Gasteiger partial charge in [0.2, 0.25) is 5.91 Å². The average Bonchev–Trinajstić information content (AvgIpc) is 3.54. The van der Waals surface area contributed by atoms with Gasteiger partial charge < -0.3 is 9.88 Å². The van der Waals surface area contributed by atoms with Crippen molar-refractivity contribution in [2.24, 2.45) is 13.0 Å². The van der Waals surface area contributed by atoms with Crippen LogP contribution in [-0.4, -0.2) is 26.3 Å². The molecule has 8 heteroatoms. The van der Waals surface area contributed by atoms with Gasteiger partial charge in [0.25, 0.3) is 5.91 Å². The van der Waals surface area contributed by atoms with Crippen molar-refractivity contribution in [1.29, 1.82) is 0 Å². The van der Waals surface area contributed by atoms with Gasteiger partial charge in [-0.25, -0.2) is 9.97 Å². The number of nitrogens with one attached hydrogen (secondary N) is 2.